The molecule has 2 nitrogen and oxygen atoms in total. The molecule has 68 valence electrons. The fourth-order valence-corrected chi connectivity index (χ4v) is 1.85. The highest BCUT2D eigenvalue weighted by molar-refractivity contribution is 5.83. The molecule has 2 heteroatoms. The lowest BCUT2D eigenvalue weighted by Crippen LogP contribution is -2.24. The summed E-state index contributed by atoms with van der Waals surface area (Å²) in [6.45, 7) is 6.87. The monoisotopic (exact) mass is 166 g/mol. The SMILES string of the molecule is CC1(C)CC1CNC1=NCCC1. The maximum Gasteiger partial charge on any atom is 0.0963 e. The quantitative estimate of drug-likeness (QED) is 0.664. The van der Waals surface area contributed by atoms with E-state index in [1.54, 1.807) is 0 Å². The molecular formula is C10H18N2. The second kappa shape index (κ2) is 2.75. The van der Waals surface area contributed by atoms with Gasteiger partial charge >= 0.3 is 0 Å². The summed E-state index contributed by atoms with van der Waals surface area (Å²) in [6.07, 6.45) is 3.80. The van der Waals surface area contributed by atoms with Crippen molar-refractivity contribution in [1.82, 2.24) is 5.32 Å². The van der Waals surface area contributed by atoms with Gasteiger partial charge in [-0.3, -0.25) is 4.99 Å². The van der Waals surface area contributed by atoms with Crippen molar-refractivity contribution in [2.24, 2.45) is 16.3 Å². The van der Waals surface area contributed by atoms with Gasteiger partial charge in [-0.2, -0.15) is 0 Å². The zero-order valence-corrected chi connectivity index (χ0v) is 8.06. The Balaban J connectivity index is 1.70. The maximum atomic E-state index is 4.39. The van der Waals surface area contributed by atoms with Crippen molar-refractivity contribution in [3.05, 3.63) is 0 Å². The van der Waals surface area contributed by atoms with Gasteiger partial charge in [0.15, 0.2) is 0 Å². The van der Waals surface area contributed by atoms with Crippen LogP contribution >= 0.6 is 0 Å². The molecule has 0 saturated heterocycles. The third kappa shape index (κ3) is 1.62. The molecule has 0 amide bonds. The Bertz CT molecular complexity index is 206. The predicted molar refractivity (Wildman–Crippen MR) is 51.4 cm³/mol. The van der Waals surface area contributed by atoms with Crippen molar-refractivity contribution in [3.8, 4) is 0 Å². The first-order valence-corrected chi connectivity index (χ1v) is 4.96. The summed E-state index contributed by atoms with van der Waals surface area (Å²) in [7, 11) is 0. The van der Waals surface area contributed by atoms with Gasteiger partial charge in [0.2, 0.25) is 0 Å². The van der Waals surface area contributed by atoms with Crippen molar-refractivity contribution in [1.29, 1.82) is 0 Å². The fraction of sp³-hybridized carbons (Fsp3) is 0.900. The van der Waals surface area contributed by atoms with Gasteiger partial charge in [0.1, 0.15) is 0 Å². The van der Waals surface area contributed by atoms with E-state index in [1.165, 1.54) is 25.1 Å². The first kappa shape index (κ1) is 8.09. The summed E-state index contributed by atoms with van der Waals surface area (Å²) in [4.78, 5) is 4.39. The molecule has 1 heterocycles. The van der Waals surface area contributed by atoms with Crippen LogP contribution in [0.1, 0.15) is 33.1 Å². The van der Waals surface area contributed by atoms with Crippen LogP contribution in [0.4, 0.5) is 0 Å². The van der Waals surface area contributed by atoms with Crippen LogP contribution in [0, 0.1) is 11.3 Å². The average molecular weight is 166 g/mol. The molecule has 1 fully saturated rings. The molecule has 0 bridgehead atoms. The van der Waals surface area contributed by atoms with E-state index >= 15 is 0 Å². The van der Waals surface area contributed by atoms with Crippen molar-refractivity contribution in [2.45, 2.75) is 33.1 Å². The summed E-state index contributed by atoms with van der Waals surface area (Å²) < 4.78 is 0. The van der Waals surface area contributed by atoms with Gasteiger partial charge < -0.3 is 5.32 Å². The third-order valence-corrected chi connectivity index (χ3v) is 3.14. The molecule has 0 aromatic heterocycles. The normalized spacial score (nSPS) is 31.5. The Morgan fingerprint density at radius 1 is 1.58 bits per heavy atom. The van der Waals surface area contributed by atoms with Crippen LogP contribution in [0.25, 0.3) is 0 Å². The molecule has 0 spiro atoms. The van der Waals surface area contributed by atoms with E-state index in [0.29, 0.717) is 5.41 Å². The molecule has 1 unspecified atom stereocenters. The molecule has 2 aliphatic rings. The minimum atomic E-state index is 0.603. The van der Waals surface area contributed by atoms with Gasteiger partial charge in [0, 0.05) is 19.5 Å². The van der Waals surface area contributed by atoms with Crippen LogP contribution in [-0.2, 0) is 0 Å². The van der Waals surface area contributed by atoms with E-state index in [0.717, 1.165) is 19.0 Å². The number of nitrogens with zero attached hydrogens (tertiary/aromatic N) is 1. The van der Waals surface area contributed by atoms with Crippen LogP contribution in [0.3, 0.4) is 0 Å². The van der Waals surface area contributed by atoms with Gasteiger partial charge in [0.25, 0.3) is 0 Å². The van der Waals surface area contributed by atoms with Gasteiger partial charge in [-0.05, 0) is 24.2 Å². The lowest BCUT2D eigenvalue weighted by molar-refractivity contribution is 0.551. The summed E-state index contributed by atoms with van der Waals surface area (Å²) in [5, 5.41) is 3.45. The second-order valence-corrected chi connectivity index (χ2v) is 4.70. The summed E-state index contributed by atoms with van der Waals surface area (Å²) in [5.41, 5.74) is 0.603. The van der Waals surface area contributed by atoms with Crippen LogP contribution in [0.15, 0.2) is 4.99 Å². The van der Waals surface area contributed by atoms with Crippen molar-refractivity contribution >= 4 is 5.84 Å². The lowest BCUT2D eigenvalue weighted by atomic mass is 10.1. The Morgan fingerprint density at radius 2 is 2.33 bits per heavy atom. The predicted octanol–water partition coefficient (Wildman–Crippen LogP) is 1.81. The number of rotatable bonds is 2. The third-order valence-electron chi connectivity index (χ3n) is 3.14. The van der Waals surface area contributed by atoms with Crippen molar-refractivity contribution in [3.63, 3.8) is 0 Å². The summed E-state index contributed by atoms with van der Waals surface area (Å²) in [6, 6.07) is 0. The summed E-state index contributed by atoms with van der Waals surface area (Å²) in [5.74, 6) is 2.14. The van der Waals surface area contributed by atoms with E-state index in [9.17, 15) is 0 Å². The van der Waals surface area contributed by atoms with Gasteiger partial charge in [-0.1, -0.05) is 13.8 Å². The smallest absolute Gasteiger partial charge is 0.0963 e. The van der Waals surface area contributed by atoms with E-state index in [4.69, 9.17) is 0 Å². The molecule has 1 saturated carbocycles. The Morgan fingerprint density at radius 3 is 2.83 bits per heavy atom. The van der Waals surface area contributed by atoms with E-state index in [1.807, 2.05) is 0 Å². The average Bonchev–Trinajstić information content (AvgIpc) is 2.54. The highest BCUT2D eigenvalue weighted by atomic mass is 15.0. The molecule has 12 heavy (non-hydrogen) atoms. The molecular weight excluding hydrogens is 148 g/mol. The molecule has 2 rings (SSSR count). The fourth-order valence-electron chi connectivity index (χ4n) is 1.85. The minimum Gasteiger partial charge on any atom is -0.374 e. The number of amidine groups is 1. The maximum absolute atomic E-state index is 4.39. The molecule has 0 radical (unpaired) electrons. The molecule has 1 aliphatic heterocycles. The number of nitrogens with one attached hydrogen (secondary N) is 1. The zero-order chi connectivity index (χ0) is 8.60. The highest BCUT2D eigenvalue weighted by Crippen LogP contribution is 2.50. The Kier molecular flexibility index (Phi) is 1.85. The molecule has 1 aliphatic carbocycles. The lowest BCUT2D eigenvalue weighted by Gasteiger charge is -2.06. The molecule has 0 aromatic carbocycles. The van der Waals surface area contributed by atoms with Crippen molar-refractivity contribution < 1.29 is 0 Å². The first-order valence-electron chi connectivity index (χ1n) is 4.96. The van der Waals surface area contributed by atoms with Crippen molar-refractivity contribution in [2.75, 3.05) is 13.1 Å². The minimum absolute atomic E-state index is 0.603. The van der Waals surface area contributed by atoms with E-state index in [-0.39, 0.29) is 0 Å². The molecule has 1 atom stereocenters. The van der Waals surface area contributed by atoms with Crippen LogP contribution in [0.5, 0.6) is 0 Å². The van der Waals surface area contributed by atoms with Crippen LogP contribution in [-0.4, -0.2) is 18.9 Å². The highest BCUT2D eigenvalue weighted by Gasteiger charge is 2.45. The molecule has 0 aromatic rings. The van der Waals surface area contributed by atoms with Gasteiger partial charge in [-0.25, -0.2) is 0 Å². The van der Waals surface area contributed by atoms with E-state index in [2.05, 4.69) is 24.2 Å². The Hall–Kier alpha value is -0.530. The van der Waals surface area contributed by atoms with Gasteiger partial charge in [-0.15, -0.1) is 0 Å². The Labute approximate surface area is 74.5 Å². The first-order chi connectivity index (χ1) is 5.68. The topological polar surface area (TPSA) is 24.4 Å². The largest absolute Gasteiger partial charge is 0.374 e. The molecule has 1 N–H and O–H groups in total. The van der Waals surface area contributed by atoms with Crippen LogP contribution < -0.4 is 5.32 Å². The van der Waals surface area contributed by atoms with Gasteiger partial charge in [0.05, 0.1) is 5.84 Å². The second-order valence-electron chi connectivity index (χ2n) is 4.70. The number of hydrogen-bond donors (Lipinski definition) is 1. The number of hydrogen-bond acceptors (Lipinski definition) is 2. The number of aliphatic imine (C=N–C) groups is 1. The van der Waals surface area contributed by atoms with Crippen LogP contribution in [0.2, 0.25) is 0 Å². The summed E-state index contributed by atoms with van der Waals surface area (Å²) >= 11 is 0. The van der Waals surface area contributed by atoms with E-state index < -0.39 is 0 Å². The zero-order valence-electron chi connectivity index (χ0n) is 8.06. The standard InChI is InChI=1S/C10H18N2/c1-10(2)6-8(10)7-12-9-4-3-5-11-9/h8H,3-7H2,1-2H3,(H,11,12).